The summed E-state index contributed by atoms with van der Waals surface area (Å²) in [4.78, 5) is 3.98. The van der Waals surface area contributed by atoms with Gasteiger partial charge in [-0.25, -0.2) is 13.4 Å². The normalized spacial score (nSPS) is 12.3. The quantitative estimate of drug-likeness (QED) is 0.722. The van der Waals surface area contributed by atoms with E-state index in [2.05, 4.69) is 4.98 Å². The lowest BCUT2D eigenvalue weighted by Crippen LogP contribution is -2.39. The summed E-state index contributed by atoms with van der Waals surface area (Å²) in [6, 6.07) is 2.99. The molecule has 0 radical (unpaired) electrons. The van der Waals surface area contributed by atoms with Crippen LogP contribution >= 0.6 is 11.6 Å². The number of nitrogens with zero attached hydrogens (tertiary/aromatic N) is 2. The third kappa shape index (κ3) is 4.14. The summed E-state index contributed by atoms with van der Waals surface area (Å²) in [5.74, 6) is 0.310. The zero-order chi connectivity index (χ0) is 14.5. The van der Waals surface area contributed by atoms with Gasteiger partial charge in [0.15, 0.2) is 5.03 Å². The first-order valence-corrected chi connectivity index (χ1v) is 7.92. The number of methoxy groups -OCH3 is 1. The molecule has 0 atom stereocenters. The molecule has 0 N–H and O–H groups in total. The maximum absolute atomic E-state index is 12.5. The van der Waals surface area contributed by atoms with Gasteiger partial charge in [0.1, 0.15) is 0 Å². The van der Waals surface area contributed by atoms with Gasteiger partial charge >= 0.3 is 0 Å². The van der Waals surface area contributed by atoms with Crippen molar-refractivity contribution in [1.29, 1.82) is 0 Å². The number of hydrogen-bond donors (Lipinski definition) is 0. The van der Waals surface area contributed by atoms with Crippen LogP contribution in [0, 0.1) is 0 Å². The van der Waals surface area contributed by atoms with Gasteiger partial charge < -0.3 is 4.74 Å². The Hall–Kier alpha value is -0.690. The van der Waals surface area contributed by atoms with Crippen LogP contribution in [0.4, 0.5) is 0 Å². The van der Waals surface area contributed by atoms with Crippen LogP contribution in [0.25, 0.3) is 0 Å². The predicted octanol–water partition coefficient (Wildman–Crippen LogP) is 1.87. The monoisotopic (exact) mass is 306 g/mol. The van der Waals surface area contributed by atoms with E-state index < -0.39 is 10.0 Å². The van der Waals surface area contributed by atoms with E-state index in [4.69, 9.17) is 16.3 Å². The molecule has 0 saturated carbocycles. The summed E-state index contributed by atoms with van der Waals surface area (Å²) in [5.41, 5.74) is 0.786. The Morgan fingerprint density at radius 3 is 2.53 bits per heavy atom. The Kier molecular flexibility index (Phi) is 6.19. The lowest BCUT2D eigenvalue weighted by molar-refractivity contribution is 0.170. The summed E-state index contributed by atoms with van der Waals surface area (Å²) in [5, 5.41) is 0.0335. The minimum Gasteiger partial charge on any atom is -0.383 e. The summed E-state index contributed by atoms with van der Waals surface area (Å²) in [6.07, 6.45) is 1.48. The van der Waals surface area contributed by atoms with Crippen LogP contribution < -0.4 is 0 Å². The van der Waals surface area contributed by atoms with Gasteiger partial charge in [-0.15, -0.1) is 11.6 Å². The van der Waals surface area contributed by atoms with Crippen molar-refractivity contribution in [1.82, 2.24) is 9.29 Å². The second kappa shape index (κ2) is 7.19. The van der Waals surface area contributed by atoms with E-state index in [0.29, 0.717) is 19.0 Å². The smallest absolute Gasteiger partial charge is 0.260 e. The summed E-state index contributed by atoms with van der Waals surface area (Å²) in [7, 11) is -2.06. The first-order chi connectivity index (χ1) is 8.93. The number of halogens is 1. The standard InChI is InChI=1S/C12H19ClN2O3S/c1-10(2)15(6-7-18-3)19(16,17)12-5-4-11(8-13)9-14-12/h4-5,9-10H,6-8H2,1-3H3. The van der Waals surface area contributed by atoms with Crippen LogP contribution in [0.3, 0.4) is 0 Å². The molecule has 1 rings (SSSR count). The van der Waals surface area contributed by atoms with Crippen molar-refractivity contribution in [2.24, 2.45) is 0 Å². The molecule has 0 aliphatic heterocycles. The molecule has 0 aromatic carbocycles. The number of sulfonamides is 1. The maximum Gasteiger partial charge on any atom is 0.260 e. The third-order valence-corrected chi connectivity index (χ3v) is 4.92. The minimum absolute atomic E-state index is 0.0335. The molecule has 1 aromatic heterocycles. The second-order valence-corrected chi connectivity index (χ2v) is 6.45. The molecule has 7 heteroatoms. The molecule has 0 fully saturated rings. The maximum atomic E-state index is 12.5. The van der Waals surface area contributed by atoms with Crippen LogP contribution in [-0.2, 0) is 20.6 Å². The molecule has 5 nitrogen and oxygen atoms in total. The first-order valence-electron chi connectivity index (χ1n) is 5.95. The number of pyridine rings is 1. The predicted molar refractivity (Wildman–Crippen MR) is 74.7 cm³/mol. The lowest BCUT2D eigenvalue weighted by Gasteiger charge is -2.25. The van der Waals surface area contributed by atoms with Crippen LogP contribution in [0.2, 0.25) is 0 Å². The van der Waals surface area contributed by atoms with Crippen molar-refractivity contribution in [3.63, 3.8) is 0 Å². The zero-order valence-corrected chi connectivity index (χ0v) is 12.9. The zero-order valence-electron chi connectivity index (χ0n) is 11.3. The lowest BCUT2D eigenvalue weighted by atomic mass is 10.3. The number of alkyl halides is 1. The summed E-state index contributed by atoms with van der Waals surface area (Å²) in [6.45, 7) is 4.29. The van der Waals surface area contributed by atoms with Crippen molar-refractivity contribution in [3.8, 4) is 0 Å². The number of rotatable bonds is 7. The minimum atomic E-state index is -3.60. The molecule has 0 amide bonds. The Bertz CT molecular complexity index is 488. The fourth-order valence-corrected chi connectivity index (χ4v) is 3.29. The molecule has 1 heterocycles. The van der Waals surface area contributed by atoms with Gasteiger partial charge in [0, 0.05) is 31.8 Å². The highest BCUT2D eigenvalue weighted by Gasteiger charge is 2.27. The van der Waals surface area contributed by atoms with E-state index in [1.54, 1.807) is 13.2 Å². The Morgan fingerprint density at radius 1 is 1.42 bits per heavy atom. The van der Waals surface area contributed by atoms with E-state index >= 15 is 0 Å². The molecule has 1 aromatic rings. The SMILES string of the molecule is COCCN(C(C)C)S(=O)(=O)c1ccc(CCl)cn1. The first kappa shape index (κ1) is 16.4. The molecule has 108 valence electrons. The molecular weight excluding hydrogens is 288 g/mol. The third-order valence-electron chi connectivity index (χ3n) is 2.62. The van der Waals surface area contributed by atoms with E-state index in [1.165, 1.54) is 16.6 Å². The second-order valence-electron chi connectivity index (χ2n) is 4.34. The van der Waals surface area contributed by atoms with Gasteiger partial charge in [0.2, 0.25) is 0 Å². The molecule has 19 heavy (non-hydrogen) atoms. The Balaban J connectivity index is 3.04. The topological polar surface area (TPSA) is 59.5 Å². The average molecular weight is 307 g/mol. The highest BCUT2D eigenvalue weighted by atomic mass is 35.5. The van der Waals surface area contributed by atoms with Gasteiger partial charge in [0.05, 0.1) is 6.61 Å². The molecule has 0 saturated heterocycles. The fraction of sp³-hybridized carbons (Fsp3) is 0.583. The van der Waals surface area contributed by atoms with Crippen molar-refractivity contribution in [2.45, 2.75) is 30.8 Å². The van der Waals surface area contributed by atoms with Crippen LogP contribution in [-0.4, -0.2) is 44.0 Å². The Labute approximate surface area is 119 Å². The molecule has 0 unspecified atom stereocenters. The van der Waals surface area contributed by atoms with Crippen molar-refractivity contribution >= 4 is 21.6 Å². The fourth-order valence-electron chi connectivity index (χ4n) is 1.60. The van der Waals surface area contributed by atoms with Gasteiger partial charge in [-0.1, -0.05) is 6.07 Å². The van der Waals surface area contributed by atoms with E-state index in [-0.39, 0.29) is 11.1 Å². The summed E-state index contributed by atoms with van der Waals surface area (Å²) >= 11 is 5.66. The highest BCUT2D eigenvalue weighted by Crippen LogP contribution is 2.16. The van der Waals surface area contributed by atoms with Gasteiger partial charge in [-0.3, -0.25) is 0 Å². The largest absolute Gasteiger partial charge is 0.383 e. The molecular formula is C12H19ClN2O3S. The van der Waals surface area contributed by atoms with Crippen molar-refractivity contribution in [3.05, 3.63) is 23.9 Å². The van der Waals surface area contributed by atoms with E-state index in [0.717, 1.165) is 5.56 Å². The van der Waals surface area contributed by atoms with E-state index in [9.17, 15) is 8.42 Å². The number of ether oxygens (including phenoxy) is 1. The number of aromatic nitrogens is 1. The number of hydrogen-bond acceptors (Lipinski definition) is 4. The van der Waals surface area contributed by atoms with Crippen LogP contribution in [0.1, 0.15) is 19.4 Å². The van der Waals surface area contributed by atoms with Crippen LogP contribution in [0.5, 0.6) is 0 Å². The van der Waals surface area contributed by atoms with Gasteiger partial charge in [0.25, 0.3) is 10.0 Å². The highest BCUT2D eigenvalue weighted by molar-refractivity contribution is 7.89. The average Bonchev–Trinajstić information content (AvgIpc) is 2.38. The molecule has 0 aliphatic carbocycles. The van der Waals surface area contributed by atoms with Crippen LogP contribution in [0.15, 0.2) is 23.4 Å². The molecule has 0 aliphatic rings. The van der Waals surface area contributed by atoms with Crippen molar-refractivity contribution in [2.75, 3.05) is 20.3 Å². The summed E-state index contributed by atoms with van der Waals surface area (Å²) < 4.78 is 31.2. The van der Waals surface area contributed by atoms with Crippen molar-refractivity contribution < 1.29 is 13.2 Å². The van der Waals surface area contributed by atoms with E-state index in [1.807, 2.05) is 13.8 Å². The van der Waals surface area contributed by atoms with Gasteiger partial charge in [-0.05, 0) is 25.5 Å². The van der Waals surface area contributed by atoms with Gasteiger partial charge in [-0.2, -0.15) is 4.31 Å². The Morgan fingerprint density at radius 2 is 2.11 bits per heavy atom. The molecule has 0 bridgehead atoms. The molecule has 0 spiro atoms.